The lowest BCUT2D eigenvalue weighted by molar-refractivity contribution is -0.122. The molecule has 0 aromatic heterocycles. The Hall–Kier alpha value is -1.84. The third kappa shape index (κ3) is 5.43. The molecule has 0 saturated carbocycles. The van der Waals surface area contributed by atoms with Crippen molar-refractivity contribution in [2.24, 2.45) is 0 Å². The molecule has 1 aromatic rings. The molecule has 0 unspecified atom stereocenters. The molecule has 110 valence electrons. The summed E-state index contributed by atoms with van der Waals surface area (Å²) in [7, 11) is 0. The van der Waals surface area contributed by atoms with Crippen LogP contribution in [0, 0.1) is 6.92 Å². The van der Waals surface area contributed by atoms with Gasteiger partial charge in [0, 0.05) is 24.1 Å². The summed E-state index contributed by atoms with van der Waals surface area (Å²) in [6.07, 6.45) is 1.16. The van der Waals surface area contributed by atoms with Gasteiger partial charge in [0.15, 0.2) is 0 Å². The Morgan fingerprint density at radius 1 is 1.25 bits per heavy atom. The maximum absolute atomic E-state index is 11.9. The second-order valence-corrected chi connectivity index (χ2v) is 5.66. The smallest absolute Gasteiger partial charge is 0.251 e. The normalized spacial score (nSPS) is 11.0. The van der Waals surface area contributed by atoms with E-state index in [1.165, 1.54) is 0 Å². The standard InChI is InChI=1S/C16H24N2O2/c1-5-16(3,4)18-14(19)9-10-17-15(20)13-8-6-7-12(2)11-13/h6-8,11H,5,9-10H2,1-4H3,(H,17,20)(H,18,19). The number of nitrogens with one attached hydrogen (secondary N) is 2. The van der Waals surface area contributed by atoms with Crippen molar-refractivity contribution < 1.29 is 9.59 Å². The summed E-state index contributed by atoms with van der Waals surface area (Å²) < 4.78 is 0. The fraction of sp³-hybridized carbons (Fsp3) is 0.500. The molecule has 0 bridgehead atoms. The maximum atomic E-state index is 11.9. The van der Waals surface area contributed by atoms with Crippen molar-refractivity contribution in [1.82, 2.24) is 10.6 Å². The minimum absolute atomic E-state index is 0.0404. The zero-order valence-electron chi connectivity index (χ0n) is 12.7. The zero-order chi connectivity index (χ0) is 15.2. The molecule has 0 saturated heterocycles. The molecular weight excluding hydrogens is 252 g/mol. The van der Waals surface area contributed by atoms with E-state index in [2.05, 4.69) is 10.6 Å². The fourth-order valence-electron chi connectivity index (χ4n) is 1.71. The van der Waals surface area contributed by atoms with Crippen LogP contribution in [0.2, 0.25) is 0 Å². The van der Waals surface area contributed by atoms with Gasteiger partial charge in [-0.1, -0.05) is 24.6 Å². The summed E-state index contributed by atoms with van der Waals surface area (Å²) in [5, 5.41) is 5.70. The van der Waals surface area contributed by atoms with Crippen molar-refractivity contribution in [2.45, 2.75) is 46.1 Å². The third-order valence-corrected chi connectivity index (χ3v) is 3.28. The van der Waals surface area contributed by atoms with Gasteiger partial charge in [0.25, 0.3) is 5.91 Å². The van der Waals surface area contributed by atoms with E-state index in [-0.39, 0.29) is 17.4 Å². The summed E-state index contributed by atoms with van der Waals surface area (Å²) >= 11 is 0. The second kappa shape index (κ2) is 7.08. The molecule has 20 heavy (non-hydrogen) atoms. The molecule has 2 N–H and O–H groups in total. The molecule has 1 aromatic carbocycles. The van der Waals surface area contributed by atoms with E-state index in [4.69, 9.17) is 0 Å². The van der Waals surface area contributed by atoms with Crippen LogP contribution >= 0.6 is 0 Å². The Bertz CT molecular complexity index is 481. The van der Waals surface area contributed by atoms with Gasteiger partial charge in [-0.05, 0) is 39.3 Å². The van der Waals surface area contributed by atoms with Crippen LogP contribution in [-0.2, 0) is 4.79 Å². The Labute approximate surface area is 121 Å². The van der Waals surface area contributed by atoms with E-state index < -0.39 is 0 Å². The number of hydrogen-bond donors (Lipinski definition) is 2. The van der Waals surface area contributed by atoms with Crippen molar-refractivity contribution in [3.05, 3.63) is 35.4 Å². The topological polar surface area (TPSA) is 58.2 Å². The number of carbonyl (C=O) groups excluding carboxylic acids is 2. The number of rotatable bonds is 6. The number of benzene rings is 1. The van der Waals surface area contributed by atoms with Gasteiger partial charge >= 0.3 is 0 Å². The van der Waals surface area contributed by atoms with Crippen molar-refractivity contribution in [3.8, 4) is 0 Å². The van der Waals surface area contributed by atoms with Gasteiger partial charge in [-0.15, -0.1) is 0 Å². The minimum atomic E-state index is -0.197. The molecule has 0 heterocycles. The zero-order valence-corrected chi connectivity index (χ0v) is 12.7. The van der Waals surface area contributed by atoms with Crippen molar-refractivity contribution >= 4 is 11.8 Å². The average molecular weight is 276 g/mol. The van der Waals surface area contributed by atoms with Crippen LogP contribution in [-0.4, -0.2) is 23.9 Å². The van der Waals surface area contributed by atoms with Crippen LogP contribution in [0.4, 0.5) is 0 Å². The monoisotopic (exact) mass is 276 g/mol. The van der Waals surface area contributed by atoms with Crippen LogP contribution in [0.1, 0.15) is 49.5 Å². The lowest BCUT2D eigenvalue weighted by Gasteiger charge is -2.24. The summed E-state index contributed by atoms with van der Waals surface area (Å²) in [5.41, 5.74) is 1.47. The molecule has 2 amide bonds. The minimum Gasteiger partial charge on any atom is -0.352 e. The molecule has 0 fully saturated rings. The van der Waals surface area contributed by atoms with Crippen LogP contribution < -0.4 is 10.6 Å². The van der Waals surface area contributed by atoms with E-state index in [1.54, 1.807) is 6.07 Å². The first kappa shape index (κ1) is 16.2. The highest BCUT2D eigenvalue weighted by molar-refractivity contribution is 5.94. The van der Waals surface area contributed by atoms with Crippen LogP contribution in [0.15, 0.2) is 24.3 Å². The second-order valence-electron chi connectivity index (χ2n) is 5.66. The first-order valence-electron chi connectivity index (χ1n) is 7.00. The lowest BCUT2D eigenvalue weighted by Crippen LogP contribution is -2.43. The highest BCUT2D eigenvalue weighted by atomic mass is 16.2. The number of hydrogen-bond acceptors (Lipinski definition) is 2. The summed E-state index contributed by atoms with van der Waals surface area (Å²) in [5.74, 6) is -0.183. The summed E-state index contributed by atoms with van der Waals surface area (Å²) in [6.45, 7) is 8.28. The van der Waals surface area contributed by atoms with Gasteiger partial charge < -0.3 is 10.6 Å². The van der Waals surface area contributed by atoms with Crippen molar-refractivity contribution in [3.63, 3.8) is 0 Å². The largest absolute Gasteiger partial charge is 0.352 e. The van der Waals surface area contributed by atoms with Gasteiger partial charge in [-0.2, -0.15) is 0 Å². The lowest BCUT2D eigenvalue weighted by atomic mass is 10.0. The SMILES string of the molecule is CCC(C)(C)NC(=O)CCNC(=O)c1cccc(C)c1. The Balaban J connectivity index is 2.37. The maximum Gasteiger partial charge on any atom is 0.251 e. The van der Waals surface area contributed by atoms with E-state index >= 15 is 0 Å². The molecule has 4 heteroatoms. The number of aryl methyl sites for hydroxylation is 1. The van der Waals surface area contributed by atoms with Crippen molar-refractivity contribution in [2.75, 3.05) is 6.54 Å². The molecule has 0 aliphatic carbocycles. The molecule has 0 aliphatic heterocycles. The summed E-state index contributed by atoms with van der Waals surface area (Å²) in [6, 6.07) is 7.38. The number of carbonyl (C=O) groups is 2. The van der Waals surface area contributed by atoms with Crippen LogP contribution in [0.5, 0.6) is 0 Å². The van der Waals surface area contributed by atoms with Gasteiger partial charge in [0.1, 0.15) is 0 Å². The van der Waals surface area contributed by atoms with Crippen molar-refractivity contribution in [1.29, 1.82) is 0 Å². The van der Waals surface area contributed by atoms with E-state index in [0.717, 1.165) is 12.0 Å². The molecule has 0 spiro atoms. The molecule has 4 nitrogen and oxygen atoms in total. The van der Waals surface area contributed by atoms with E-state index in [9.17, 15) is 9.59 Å². The quantitative estimate of drug-likeness (QED) is 0.838. The number of amides is 2. The molecule has 1 rings (SSSR count). The van der Waals surface area contributed by atoms with Gasteiger partial charge in [0.05, 0.1) is 0 Å². The summed E-state index contributed by atoms with van der Waals surface area (Å²) in [4.78, 5) is 23.6. The highest BCUT2D eigenvalue weighted by Gasteiger charge is 2.17. The molecule has 0 atom stereocenters. The predicted molar refractivity (Wildman–Crippen MR) is 80.6 cm³/mol. The highest BCUT2D eigenvalue weighted by Crippen LogP contribution is 2.07. The van der Waals surface area contributed by atoms with E-state index in [0.29, 0.717) is 18.5 Å². The third-order valence-electron chi connectivity index (χ3n) is 3.28. The Morgan fingerprint density at radius 2 is 1.95 bits per heavy atom. The van der Waals surface area contributed by atoms with Gasteiger partial charge in [0.2, 0.25) is 5.91 Å². The Kier molecular flexibility index (Phi) is 5.74. The molecule has 0 radical (unpaired) electrons. The predicted octanol–water partition coefficient (Wildman–Crippen LogP) is 2.42. The van der Waals surface area contributed by atoms with Crippen LogP contribution in [0.25, 0.3) is 0 Å². The van der Waals surface area contributed by atoms with Gasteiger partial charge in [-0.3, -0.25) is 9.59 Å². The molecule has 0 aliphatic rings. The average Bonchev–Trinajstić information content (AvgIpc) is 2.38. The van der Waals surface area contributed by atoms with E-state index in [1.807, 2.05) is 45.9 Å². The first-order valence-corrected chi connectivity index (χ1v) is 7.00. The molecular formula is C16H24N2O2. The fourth-order valence-corrected chi connectivity index (χ4v) is 1.71. The Morgan fingerprint density at radius 3 is 2.55 bits per heavy atom. The van der Waals surface area contributed by atoms with Crippen LogP contribution in [0.3, 0.4) is 0 Å². The van der Waals surface area contributed by atoms with Gasteiger partial charge in [-0.25, -0.2) is 0 Å². The first-order chi connectivity index (χ1) is 9.34.